The van der Waals surface area contributed by atoms with Crippen LogP contribution in [-0.4, -0.2) is 5.78 Å². The molecule has 22 heavy (non-hydrogen) atoms. The smallest absolute Gasteiger partial charge is 0.140 e. The number of ketones is 1. The molecule has 0 rings (SSSR count). The molecule has 0 saturated carbocycles. The van der Waals surface area contributed by atoms with E-state index in [-0.39, 0.29) is 5.78 Å². The first-order valence-corrected chi connectivity index (χ1v) is 9.80. The first-order chi connectivity index (χ1) is 10.8. The lowest BCUT2D eigenvalue weighted by molar-refractivity contribution is -0.115. The van der Waals surface area contributed by atoms with Gasteiger partial charge in [-0.05, 0) is 6.42 Å². The highest BCUT2D eigenvalue weighted by atomic mass is 16.1. The molecule has 0 aliphatic heterocycles. The quantitative estimate of drug-likeness (QED) is 0.244. The van der Waals surface area contributed by atoms with Gasteiger partial charge in [0.25, 0.3) is 0 Å². The minimum absolute atomic E-state index is 0.227. The molecule has 0 fully saturated rings. The summed E-state index contributed by atoms with van der Waals surface area (Å²) in [6, 6.07) is 0. The van der Waals surface area contributed by atoms with Crippen LogP contribution < -0.4 is 0 Å². The highest BCUT2D eigenvalue weighted by Gasteiger charge is 1.99. The summed E-state index contributed by atoms with van der Waals surface area (Å²) in [5.41, 5.74) is 0. The predicted octanol–water partition coefficient (Wildman–Crippen LogP) is 7.21. The topological polar surface area (TPSA) is 17.1 Å². The first-order valence-electron chi connectivity index (χ1n) is 9.80. The Balaban J connectivity index is 3.02. The van der Waals surface area contributed by atoms with Gasteiger partial charge in [-0.2, -0.15) is 0 Å². The van der Waals surface area contributed by atoms with Crippen molar-refractivity contribution in [3.63, 3.8) is 0 Å². The van der Waals surface area contributed by atoms with E-state index in [0.29, 0.717) is 6.42 Å². The average molecular weight is 308 g/mol. The zero-order chi connectivity index (χ0) is 16.3. The molecule has 0 spiro atoms. The van der Waals surface area contributed by atoms with Gasteiger partial charge in [0.2, 0.25) is 0 Å². The molecule has 0 aromatic rings. The Hall–Kier alpha value is -0.590. The van der Waals surface area contributed by atoms with Crippen LogP contribution in [0.25, 0.3) is 0 Å². The van der Waals surface area contributed by atoms with E-state index >= 15 is 0 Å². The van der Waals surface area contributed by atoms with E-state index in [1.165, 1.54) is 89.9 Å². The molecule has 1 nitrogen and oxygen atoms in total. The fourth-order valence-corrected chi connectivity index (χ4v) is 2.89. The second kappa shape index (κ2) is 18.5. The van der Waals surface area contributed by atoms with Crippen LogP contribution in [-0.2, 0) is 4.79 Å². The van der Waals surface area contributed by atoms with Crippen LogP contribution in [0.5, 0.6) is 0 Å². The highest BCUT2D eigenvalue weighted by molar-refractivity contribution is 5.88. The van der Waals surface area contributed by atoms with Crippen LogP contribution in [0.2, 0.25) is 0 Å². The van der Waals surface area contributed by atoms with Crippen molar-refractivity contribution >= 4 is 5.78 Å². The summed E-state index contributed by atoms with van der Waals surface area (Å²) < 4.78 is 0. The monoisotopic (exact) mass is 307 g/mol. The van der Waals surface area contributed by atoms with E-state index < -0.39 is 0 Å². The molecule has 0 N–H and O–H groups in total. The summed E-state index contributed by atoms with van der Waals surface area (Å²) in [7, 11) is 0. The Labute approximate surface area is 140 Å². The van der Waals surface area contributed by atoms with Gasteiger partial charge in [0, 0.05) is 12.8 Å². The standard InChI is InChI=1S/C21H39O/c1-3-5-6-7-8-9-10-11-12-13-14-15-16-17-18-20-21(22)19-4-2/h4,19H,2-3,5-18,20H2,1H3. The number of carbonyl (C=O) groups excluding carboxylic acids is 1. The van der Waals surface area contributed by atoms with Gasteiger partial charge in [-0.3, -0.25) is 4.79 Å². The van der Waals surface area contributed by atoms with Crippen molar-refractivity contribution in [2.45, 2.75) is 110 Å². The summed E-state index contributed by atoms with van der Waals surface area (Å²) in [5.74, 6) is 0.227. The van der Waals surface area contributed by atoms with Crippen molar-refractivity contribution in [1.82, 2.24) is 0 Å². The van der Waals surface area contributed by atoms with Gasteiger partial charge in [-0.1, -0.05) is 103 Å². The zero-order valence-electron chi connectivity index (χ0n) is 15.1. The minimum Gasteiger partial charge on any atom is -0.299 e. The normalized spacial score (nSPS) is 10.8. The molecule has 0 unspecified atom stereocenters. The maximum atomic E-state index is 11.3. The van der Waals surface area contributed by atoms with Gasteiger partial charge < -0.3 is 0 Å². The van der Waals surface area contributed by atoms with E-state index in [0.717, 1.165) is 6.42 Å². The largest absolute Gasteiger partial charge is 0.299 e. The third-order valence-corrected chi connectivity index (χ3v) is 4.33. The molecule has 1 radical (unpaired) electrons. The Morgan fingerprint density at radius 3 is 1.41 bits per heavy atom. The molecule has 129 valence electrons. The van der Waals surface area contributed by atoms with Gasteiger partial charge in [-0.25, -0.2) is 0 Å². The fraction of sp³-hybridized carbons (Fsp3) is 0.810. The highest BCUT2D eigenvalue weighted by Crippen LogP contribution is 2.13. The van der Waals surface area contributed by atoms with Gasteiger partial charge in [-0.15, -0.1) is 6.58 Å². The van der Waals surface area contributed by atoms with Gasteiger partial charge in [0.15, 0.2) is 0 Å². The molecule has 0 aliphatic carbocycles. The molecule has 0 heterocycles. The molecule has 1 heteroatoms. The molecule has 0 atom stereocenters. The summed E-state index contributed by atoms with van der Waals surface area (Å²) in [5, 5.41) is 0. The maximum Gasteiger partial charge on any atom is 0.140 e. The molecular formula is C21H39O. The number of allylic oxidation sites excluding steroid dienone is 1. The van der Waals surface area contributed by atoms with E-state index in [1.807, 2.05) is 0 Å². The molecule has 0 aromatic carbocycles. The third-order valence-electron chi connectivity index (χ3n) is 4.33. The number of unbranched alkanes of at least 4 members (excludes halogenated alkanes) is 14. The van der Waals surface area contributed by atoms with Crippen molar-refractivity contribution in [2.24, 2.45) is 0 Å². The number of Topliss-reactive ketones (excluding diaryl/α,β-unsaturated/α-hetero) is 1. The summed E-state index contributed by atoms with van der Waals surface area (Å²) in [4.78, 5) is 11.3. The summed E-state index contributed by atoms with van der Waals surface area (Å²) >= 11 is 0. The van der Waals surface area contributed by atoms with Crippen LogP contribution in [0.15, 0.2) is 12.7 Å². The van der Waals surface area contributed by atoms with Crippen molar-refractivity contribution in [1.29, 1.82) is 0 Å². The Morgan fingerprint density at radius 1 is 0.682 bits per heavy atom. The van der Waals surface area contributed by atoms with E-state index in [1.54, 1.807) is 12.5 Å². The number of rotatable bonds is 18. The van der Waals surface area contributed by atoms with Crippen LogP contribution in [0, 0.1) is 6.42 Å². The first kappa shape index (κ1) is 21.4. The van der Waals surface area contributed by atoms with Crippen LogP contribution in [0.1, 0.15) is 110 Å². The van der Waals surface area contributed by atoms with E-state index in [2.05, 4.69) is 13.5 Å². The van der Waals surface area contributed by atoms with E-state index in [9.17, 15) is 4.79 Å². The van der Waals surface area contributed by atoms with Crippen molar-refractivity contribution in [2.75, 3.05) is 0 Å². The summed E-state index contributed by atoms with van der Waals surface area (Å²) in [6.45, 7) is 5.82. The van der Waals surface area contributed by atoms with Crippen LogP contribution >= 0.6 is 0 Å². The Bertz CT molecular complexity index is 244. The van der Waals surface area contributed by atoms with Crippen molar-refractivity contribution in [3.05, 3.63) is 19.1 Å². The van der Waals surface area contributed by atoms with Crippen molar-refractivity contribution in [3.8, 4) is 0 Å². The van der Waals surface area contributed by atoms with Crippen LogP contribution in [0.3, 0.4) is 0 Å². The minimum atomic E-state index is 0.227. The Morgan fingerprint density at radius 2 is 1.05 bits per heavy atom. The molecule has 0 aromatic heterocycles. The molecular weight excluding hydrogens is 268 g/mol. The average Bonchev–Trinajstić information content (AvgIpc) is 2.51. The predicted molar refractivity (Wildman–Crippen MR) is 99.1 cm³/mol. The number of carbonyl (C=O) groups is 1. The SMILES string of the molecule is C=C[CH]C(=O)CCCCCCCCCCCCCCCCC. The summed E-state index contributed by atoms with van der Waals surface area (Å²) in [6.07, 6.45) is 24.4. The fourth-order valence-electron chi connectivity index (χ4n) is 2.89. The second-order valence-corrected chi connectivity index (χ2v) is 6.57. The lowest BCUT2D eigenvalue weighted by atomic mass is 10.0. The second-order valence-electron chi connectivity index (χ2n) is 6.57. The third kappa shape index (κ3) is 17.5. The van der Waals surface area contributed by atoms with E-state index in [4.69, 9.17) is 0 Å². The Kier molecular flexibility index (Phi) is 18.0. The lowest BCUT2D eigenvalue weighted by Crippen LogP contribution is -1.95. The van der Waals surface area contributed by atoms with Crippen LogP contribution in [0.4, 0.5) is 0 Å². The molecule has 0 amide bonds. The number of hydrogen-bond donors (Lipinski definition) is 0. The van der Waals surface area contributed by atoms with Crippen molar-refractivity contribution < 1.29 is 4.79 Å². The zero-order valence-corrected chi connectivity index (χ0v) is 15.1. The van der Waals surface area contributed by atoms with Gasteiger partial charge in [0.1, 0.15) is 5.78 Å². The van der Waals surface area contributed by atoms with Gasteiger partial charge in [0.05, 0.1) is 0 Å². The van der Waals surface area contributed by atoms with Gasteiger partial charge >= 0.3 is 0 Å². The lowest BCUT2D eigenvalue weighted by Gasteiger charge is -2.03. The molecule has 0 aliphatic rings. The molecule has 0 bridgehead atoms. The maximum absolute atomic E-state index is 11.3. The number of hydrogen-bond acceptors (Lipinski definition) is 1. The molecule has 0 saturated heterocycles.